The van der Waals surface area contributed by atoms with Crippen LogP contribution in [0, 0.1) is 0 Å². The van der Waals surface area contributed by atoms with E-state index in [0.29, 0.717) is 5.56 Å². The Kier molecular flexibility index (Phi) is 6.37. The van der Waals surface area contributed by atoms with Crippen LogP contribution in [-0.4, -0.2) is 28.9 Å². The Morgan fingerprint density at radius 1 is 1.10 bits per heavy atom. The number of aryl methyl sites for hydroxylation is 1. The molecular formula is C24H27N3OS. The molecule has 5 heteroatoms. The fourth-order valence-corrected chi connectivity index (χ4v) is 5.03. The number of piperidine rings is 1. The highest BCUT2D eigenvalue weighted by molar-refractivity contribution is 7.16. The summed E-state index contributed by atoms with van der Waals surface area (Å²) in [4.78, 5) is 20.9. The Morgan fingerprint density at radius 3 is 2.52 bits per heavy atom. The van der Waals surface area contributed by atoms with Gasteiger partial charge in [-0.3, -0.25) is 14.7 Å². The summed E-state index contributed by atoms with van der Waals surface area (Å²) in [5.41, 5.74) is 3.12. The van der Waals surface area contributed by atoms with Crippen molar-refractivity contribution in [2.24, 2.45) is 0 Å². The number of thiophene rings is 1. The first kappa shape index (κ1) is 19.8. The van der Waals surface area contributed by atoms with Gasteiger partial charge in [0.25, 0.3) is 5.91 Å². The minimum atomic E-state index is -0.0523. The van der Waals surface area contributed by atoms with Crippen LogP contribution >= 0.6 is 11.3 Å². The summed E-state index contributed by atoms with van der Waals surface area (Å²) in [6.07, 6.45) is 8.42. The molecule has 0 bridgehead atoms. The largest absolute Gasteiger partial charge is 0.313 e. The first-order chi connectivity index (χ1) is 14.3. The molecule has 2 aromatic heterocycles. The van der Waals surface area contributed by atoms with E-state index < -0.39 is 0 Å². The van der Waals surface area contributed by atoms with Gasteiger partial charge in [-0.05, 0) is 68.2 Å². The van der Waals surface area contributed by atoms with Crippen LogP contribution in [0.15, 0.2) is 60.9 Å². The number of hydrogen-bond acceptors (Lipinski definition) is 4. The van der Waals surface area contributed by atoms with Crippen LogP contribution in [0.25, 0.3) is 0 Å². The second-order valence-electron chi connectivity index (χ2n) is 7.45. The zero-order valence-electron chi connectivity index (χ0n) is 16.8. The van der Waals surface area contributed by atoms with Gasteiger partial charge in [0.1, 0.15) is 5.00 Å². The average molecular weight is 406 g/mol. The minimum Gasteiger partial charge on any atom is -0.313 e. The number of likely N-dealkylation sites (tertiary alicyclic amines) is 1. The van der Waals surface area contributed by atoms with Crippen LogP contribution in [-0.2, 0) is 6.42 Å². The maximum atomic E-state index is 12.9. The van der Waals surface area contributed by atoms with Crippen molar-refractivity contribution in [3.8, 4) is 0 Å². The number of pyridine rings is 1. The van der Waals surface area contributed by atoms with Crippen molar-refractivity contribution in [3.63, 3.8) is 0 Å². The lowest BCUT2D eigenvalue weighted by atomic mass is 9.96. The number of hydrogen-bond donors (Lipinski definition) is 1. The highest BCUT2D eigenvalue weighted by atomic mass is 32.1. The molecule has 29 heavy (non-hydrogen) atoms. The number of carbonyl (C=O) groups is 1. The Labute approximate surface area is 176 Å². The van der Waals surface area contributed by atoms with Crippen LogP contribution in [0.4, 0.5) is 5.00 Å². The Bertz CT molecular complexity index is 933. The number of benzene rings is 1. The normalized spacial score (nSPS) is 15.8. The third-order valence-electron chi connectivity index (χ3n) is 5.50. The predicted octanol–water partition coefficient (Wildman–Crippen LogP) is 5.53. The van der Waals surface area contributed by atoms with Crippen molar-refractivity contribution < 1.29 is 4.79 Å². The van der Waals surface area contributed by atoms with Crippen molar-refractivity contribution in [2.45, 2.75) is 38.6 Å². The van der Waals surface area contributed by atoms with Crippen molar-refractivity contribution in [3.05, 3.63) is 82.5 Å². The quantitative estimate of drug-likeness (QED) is 0.586. The molecule has 1 saturated heterocycles. The zero-order valence-corrected chi connectivity index (χ0v) is 17.6. The van der Waals surface area contributed by atoms with Crippen LogP contribution in [0.2, 0.25) is 0 Å². The van der Waals surface area contributed by atoms with Crippen molar-refractivity contribution in [1.82, 2.24) is 9.88 Å². The fraction of sp³-hybridized carbons (Fsp3) is 0.333. The first-order valence-corrected chi connectivity index (χ1v) is 11.2. The summed E-state index contributed by atoms with van der Waals surface area (Å²) >= 11 is 1.70. The first-order valence-electron chi connectivity index (χ1n) is 10.4. The molecule has 0 radical (unpaired) electrons. The van der Waals surface area contributed by atoms with E-state index in [1.165, 1.54) is 35.3 Å². The standard InChI is InChI=1S/C24H27N3OS/c1-2-20-17-21(24(29-20)26-23(28)19-9-5-3-6-10-19)22(18-11-13-25-14-12-18)27-15-7-4-8-16-27/h3,5-6,9-14,17,22H,2,4,7-8,15-16H2,1H3,(H,26,28)/t22-/m0/s1. The molecule has 0 unspecified atom stereocenters. The number of aromatic nitrogens is 1. The molecule has 1 amide bonds. The lowest BCUT2D eigenvalue weighted by molar-refractivity contribution is 0.102. The Balaban J connectivity index is 1.72. The average Bonchev–Trinajstić information content (AvgIpc) is 3.18. The summed E-state index contributed by atoms with van der Waals surface area (Å²) in [5, 5.41) is 4.17. The molecule has 1 fully saturated rings. The SMILES string of the molecule is CCc1cc([C@H](c2ccncc2)N2CCCCC2)c(NC(=O)c2ccccc2)s1. The van der Waals surface area contributed by atoms with Crippen molar-refractivity contribution in [2.75, 3.05) is 18.4 Å². The molecule has 1 aromatic carbocycles. The second-order valence-corrected chi connectivity index (χ2v) is 8.59. The number of nitrogens with zero attached hydrogens (tertiary/aromatic N) is 2. The summed E-state index contributed by atoms with van der Waals surface area (Å²) in [5.74, 6) is -0.0523. The van der Waals surface area contributed by atoms with Gasteiger partial charge in [-0.1, -0.05) is 31.5 Å². The second kappa shape index (κ2) is 9.33. The molecule has 0 saturated carbocycles. The molecule has 1 atom stereocenters. The lowest BCUT2D eigenvalue weighted by Crippen LogP contribution is -2.34. The summed E-state index contributed by atoms with van der Waals surface area (Å²) < 4.78 is 0. The van der Waals surface area contributed by atoms with Crippen molar-refractivity contribution in [1.29, 1.82) is 0 Å². The van der Waals surface area contributed by atoms with E-state index in [-0.39, 0.29) is 11.9 Å². The number of amides is 1. The molecule has 4 rings (SSSR count). The summed E-state index contributed by atoms with van der Waals surface area (Å²) in [7, 11) is 0. The molecule has 0 spiro atoms. The van der Waals surface area contributed by atoms with E-state index in [4.69, 9.17) is 0 Å². The highest BCUT2D eigenvalue weighted by Gasteiger charge is 2.28. The van der Waals surface area contributed by atoms with Crippen LogP contribution in [0.3, 0.4) is 0 Å². The Morgan fingerprint density at radius 2 is 1.83 bits per heavy atom. The molecule has 150 valence electrons. The fourth-order valence-electron chi connectivity index (χ4n) is 4.01. The van der Waals surface area contributed by atoms with E-state index in [0.717, 1.165) is 24.5 Å². The van der Waals surface area contributed by atoms with Gasteiger partial charge in [0.05, 0.1) is 6.04 Å². The maximum Gasteiger partial charge on any atom is 0.256 e. The number of rotatable bonds is 6. The van der Waals surface area contributed by atoms with Gasteiger partial charge in [-0.2, -0.15) is 0 Å². The minimum absolute atomic E-state index is 0.0523. The molecule has 0 aliphatic carbocycles. The molecule has 1 aliphatic heterocycles. The maximum absolute atomic E-state index is 12.9. The molecule has 3 aromatic rings. The van der Waals surface area contributed by atoms with E-state index >= 15 is 0 Å². The third-order valence-corrected chi connectivity index (χ3v) is 6.71. The van der Waals surface area contributed by atoms with E-state index in [1.807, 2.05) is 42.7 Å². The lowest BCUT2D eigenvalue weighted by Gasteiger charge is -2.35. The number of carbonyl (C=O) groups excluding carboxylic acids is 1. The van der Waals surface area contributed by atoms with E-state index in [9.17, 15) is 4.79 Å². The van der Waals surface area contributed by atoms with Gasteiger partial charge in [0.2, 0.25) is 0 Å². The van der Waals surface area contributed by atoms with Crippen LogP contribution in [0.1, 0.15) is 58.6 Å². The molecule has 1 aliphatic rings. The molecule has 1 N–H and O–H groups in total. The smallest absolute Gasteiger partial charge is 0.256 e. The van der Waals surface area contributed by atoms with Crippen LogP contribution < -0.4 is 5.32 Å². The van der Waals surface area contributed by atoms with Crippen LogP contribution in [0.5, 0.6) is 0 Å². The topological polar surface area (TPSA) is 45.2 Å². The molecular weight excluding hydrogens is 378 g/mol. The summed E-state index contributed by atoms with van der Waals surface area (Å²) in [6.45, 7) is 4.33. The van der Waals surface area contributed by atoms with Gasteiger partial charge < -0.3 is 5.32 Å². The highest BCUT2D eigenvalue weighted by Crippen LogP contribution is 2.40. The molecule has 4 nitrogen and oxygen atoms in total. The van der Waals surface area contributed by atoms with E-state index in [1.54, 1.807) is 11.3 Å². The number of anilines is 1. The van der Waals surface area contributed by atoms with E-state index in [2.05, 4.69) is 40.3 Å². The zero-order chi connectivity index (χ0) is 20.1. The molecule has 3 heterocycles. The van der Waals surface area contributed by atoms with Gasteiger partial charge >= 0.3 is 0 Å². The van der Waals surface area contributed by atoms with Gasteiger partial charge in [-0.25, -0.2) is 0 Å². The summed E-state index contributed by atoms with van der Waals surface area (Å²) in [6, 6.07) is 16.1. The monoisotopic (exact) mass is 405 g/mol. The van der Waals surface area contributed by atoms with Crippen molar-refractivity contribution >= 4 is 22.2 Å². The Hall–Kier alpha value is -2.50. The predicted molar refractivity (Wildman–Crippen MR) is 120 cm³/mol. The van der Waals surface area contributed by atoms with Gasteiger partial charge in [0.15, 0.2) is 0 Å². The third kappa shape index (κ3) is 4.57. The number of nitrogens with one attached hydrogen (secondary N) is 1. The van der Waals surface area contributed by atoms with Gasteiger partial charge in [-0.15, -0.1) is 11.3 Å². The van der Waals surface area contributed by atoms with Gasteiger partial charge in [0, 0.05) is 28.4 Å².